The third-order valence-electron chi connectivity index (χ3n) is 1.70. The fraction of sp³-hybridized carbons (Fsp3) is 0.111. The normalized spacial score (nSPS) is 10.2. The van der Waals surface area contributed by atoms with Gasteiger partial charge in [0, 0.05) is 5.69 Å². The standard InChI is InChI=1S/C9H7F3N2O2/c10-6-3-4(14-9(16)7(11)12)1-2-5(6)8(13)15/h1-3,7H,(H2,13,15)(H,14,16). The number of halogens is 3. The van der Waals surface area contributed by atoms with Crippen molar-refractivity contribution in [1.29, 1.82) is 0 Å². The second-order valence-electron chi connectivity index (χ2n) is 2.85. The van der Waals surface area contributed by atoms with E-state index in [2.05, 4.69) is 0 Å². The first-order valence-corrected chi connectivity index (χ1v) is 4.10. The lowest BCUT2D eigenvalue weighted by atomic mass is 10.2. The van der Waals surface area contributed by atoms with Gasteiger partial charge in [-0.25, -0.2) is 4.39 Å². The molecule has 0 radical (unpaired) electrons. The fourth-order valence-electron chi connectivity index (χ4n) is 0.990. The van der Waals surface area contributed by atoms with Gasteiger partial charge in [-0.2, -0.15) is 8.78 Å². The average Bonchev–Trinajstić information content (AvgIpc) is 2.16. The molecule has 0 aromatic heterocycles. The zero-order valence-corrected chi connectivity index (χ0v) is 7.84. The Kier molecular flexibility index (Phi) is 3.49. The molecule has 2 amide bonds. The molecule has 16 heavy (non-hydrogen) atoms. The second kappa shape index (κ2) is 4.65. The zero-order chi connectivity index (χ0) is 12.3. The number of hydrogen-bond donors (Lipinski definition) is 2. The molecule has 86 valence electrons. The summed E-state index contributed by atoms with van der Waals surface area (Å²) < 4.78 is 36.8. The second-order valence-corrected chi connectivity index (χ2v) is 2.85. The topological polar surface area (TPSA) is 72.2 Å². The monoisotopic (exact) mass is 232 g/mol. The summed E-state index contributed by atoms with van der Waals surface area (Å²) in [6, 6.07) is 2.84. The molecule has 0 fully saturated rings. The number of primary amides is 1. The van der Waals surface area contributed by atoms with E-state index in [0.717, 1.165) is 18.2 Å². The number of benzene rings is 1. The van der Waals surface area contributed by atoms with E-state index in [1.165, 1.54) is 0 Å². The van der Waals surface area contributed by atoms with Crippen molar-refractivity contribution < 1.29 is 22.8 Å². The van der Waals surface area contributed by atoms with Crippen molar-refractivity contribution >= 4 is 17.5 Å². The summed E-state index contributed by atoms with van der Waals surface area (Å²) in [6.45, 7) is 0. The first kappa shape index (κ1) is 12.0. The first-order chi connectivity index (χ1) is 7.41. The molecule has 1 aromatic carbocycles. The Labute approximate surface area is 88.2 Å². The summed E-state index contributed by atoms with van der Waals surface area (Å²) in [4.78, 5) is 21.2. The van der Waals surface area contributed by atoms with E-state index < -0.39 is 24.1 Å². The fourth-order valence-corrected chi connectivity index (χ4v) is 0.990. The van der Waals surface area contributed by atoms with Crippen molar-refractivity contribution in [2.45, 2.75) is 6.43 Å². The quantitative estimate of drug-likeness (QED) is 0.819. The van der Waals surface area contributed by atoms with E-state index in [1.54, 1.807) is 5.32 Å². The molecule has 3 N–H and O–H groups in total. The third kappa shape index (κ3) is 2.72. The lowest BCUT2D eigenvalue weighted by molar-refractivity contribution is -0.126. The Balaban J connectivity index is 2.90. The molecule has 0 unspecified atom stereocenters. The summed E-state index contributed by atoms with van der Waals surface area (Å²) in [6.07, 6.45) is -3.20. The molecule has 0 heterocycles. The van der Waals surface area contributed by atoms with Crippen LogP contribution in [0.3, 0.4) is 0 Å². The molecule has 1 rings (SSSR count). The maximum absolute atomic E-state index is 13.1. The minimum absolute atomic E-state index is 0.173. The minimum Gasteiger partial charge on any atom is -0.366 e. The molecule has 0 saturated heterocycles. The molecule has 0 aliphatic heterocycles. The van der Waals surface area contributed by atoms with Crippen LogP contribution in [0.25, 0.3) is 0 Å². The van der Waals surface area contributed by atoms with Crippen LogP contribution < -0.4 is 11.1 Å². The number of alkyl halides is 2. The van der Waals surface area contributed by atoms with Gasteiger partial charge in [0.15, 0.2) is 0 Å². The summed E-state index contributed by atoms with van der Waals surface area (Å²) >= 11 is 0. The first-order valence-electron chi connectivity index (χ1n) is 4.10. The molecule has 0 bridgehead atoms. The number of carbonyl (C=O) groups is 2. The highest BCUT2D eigenvalue weighted by Gasteiger charge is 2.16. The predicted molar refractivity (Wildman–Crippen MR) is 49.6 cm³/mol. The lowest BCUT2D eigenvalue weighted by Gasteiger charge is -2.05. The highest BCUT2D eigenvalue weighted by atomic mass is 19.3. The van der Waals surface area contributed by atoms with Crippen LogP contribution in [0.15, 0.2) is 18.2 Å². The summed E-state index contributed by atoms with van der Waals surface area (Å²) in [5, 5.41) is 1.77. The van der Waals surface area contributed by atoms with Gasteiger partial charge in [-0.3, -0.25) is 9.59 Å². The van der Waals surface area contributed by atoms with E-state index in [-0.39, 0.29) is 11.3 Å². The number of anilines is 1. The molecule has 0 spiro atoms. The van der Waals surface area contributed by atoms with Gasteiger partial charge in [-0.15, -0.1) is 0 Å². The number of hydrogen-bond acceptors (Lipinski definition) is 2. The number of carbonyl (C=O) groups excluding carboxylic acids is 2. The van der Waals surface area contributed by atoms with E-state index in [0.29, 0.717) is 0 Å². The zero-order valence-electron chi connectivity index (χ0n) is 7.84. The Morgan fingerprint density at radius 3 is 2.38 bits per heavy atom. The lowest BCUT2D eigenvalue weighted by Crippen LogP contribution is -2.20. The number of nitrogens with one attached hydrogen (secondary N) is 1. The van der Waals surface area contributed by atoms with Crippen LogP contribution in [-0.2, 0) is 4.79 Å². The van der Waals surface area contributed by atoms with Gasteiger partial charge in [0.1, 0.15) is 5.82 Å². The number of nitrogens with two attached hydrogens (primary N) is 1. The highest BCUT2D eigenvalue weighted by molar-refractivity contribution is 5.95. The average molecular weight is 232 g/mol. The smallest absolute Gasteiger partial charge is 0.315 e. The number of rotatable bonds is 3. The van der Waals surface area contributed by atoms with Crippen molar-refractivity contribution in [3.8, 4) is 0 Å². The van der Waals surface area contributed by atoms with Crippen LogP contribution in [0.4, 0.5) is 18.9 Å². The van der Waals surface area contributed by atoms with E-state index in [4.69, 9.17) is 5.73 Å². The van der Waals surface area contributed by atoms with Gasteiger partial charge in [-0.1, -0.05) is 0 Å². The van der Waals surface area contributed by atoms with Crippen LogP contribution in [0.1, 0.15) is 10.4 Å². The van der Waals surface area contributed by atoms with Crippen LogP contribution in [0.2, 0.25) is 0 Å². The van der Waals surface area contributed by atoms with Gasteiger partial charge in [0.05, 0.1) is 5.56 Å². The molecule has 4 nitrogen and oxygen atoms in total. The summed E-state index contributed by atoms with van der Waals surface area (Å²) in [5.74, 6) is -3.52. The predicted octanol–water partition coefficient (Wildman–Crippen LogP) is 1.13. The Hall–Kier alpha value is -2.05. The molecule has 0 saturated carbocycles. The van der Waals surface area contributed by atoms with Crippen LogP contribution in [0, 0.1) is 5.82 Å². The maximum Gasteiger partial charge on any atom is 0.315 e. The van der Waals surface area contributed by atoms with Crippen molar-refractivity contribution in [3.63, 3.8) is 0 Å². The Morgan fingerprint density at radius 1 is 1.31 bits per heavy atom. The molecule has 0 aliphatic carbocycles. The van der Waals surface area contributed by atoms with Crippen LogP contribution in [0.5, 0.6) is 0 Å². The highest BCUT2D eigenvalue weighted by Crippen LogP contribution is 2.14. The summed E-state index contributed by atoms with van der Waals surface area (Å²) in [5.41, 5.74) is 4.27. The molecule has 1 aromatic rings. The third-order valence-corrected chi connectivity index (χ3v) is 1.70. The van der Waals surface area contributed by atoms with Crippen molar-refractivity contribution in [2.75, 3.05) is 5.32 Å². The van der Waals surface area contributed by atoms with Gasteiger partial charge < -0.3 is 11.1 Å². The molecule has 0 atom stereocenters. The van der Waals surface area contributed by atoms with Gasteiger partial charge in [0.2, 0.25) is 0 Å². The Bertz CT molecular complexity index is 435. The largest absolute Gasteiger partial charge is 0.366 e. The maximum atomic E-state index is 13.1. The van der Waals surface area contributed by atoms with E-state index in [9.17, 15) is 22.8 Å². The molecule has 0 aliphatic rings. The molecular formula is C9H7F3N2O2. The molecule has 7 heteroatoms. The van der Waals surface area contributed by atoms with Crippen molar-refractivity contribution in [2.24, 2.45) is 5.73 Å². The van der Waals surface area contributed by atoms with Crippen molar-refractivity contribution in [3.05, 3.63) is 29.6 Å². The van der Waals surface area contributed by atoms with Gasteiger partial charge >= 0.3 is 6.43 Å². The van der Waals surface area contributed by atoms with Crippen molar-refractivity contribution in [1.82, 2.24) is 0 Å². The SMILES string of the molecule is NC(=O)c1ccc(NC(=O)C(F)F)cc1F. The van der Waals surface area contributed by atoms with Crippen LogP contribution >= 0.6 is 0 Å². The molecular weight excluding hydrogens is 225 g/mol. The van der Waals surface area contributed by atoms with Gasteiger partial charge in [-0.05, 0) is 18.2 Å². The number of amides is 2. The van der Waals surface area contributed by atoms with E-state index in [1.807, 2.05) is 0 Å². The van der Waals surface area contributed by atoms with Crippen LogP contribution in [-0.4, -0.2) is 18.2 Å². The minimum atomic E-state index is -3.20. The van der Waals surface area contributed by atoms with Gasteiger partial charge in [0.25, 0.3) is 11.8 Å². The summed E-state index contributed by atoms with van der Waals surface area (Å²) in [7, 11) is 0. The van der Waals surface area contributed by atoms with E-state index >= 15 is 0 Å². The Morgan fingerprint density at radius 2 is 1.94 bits per heavy atom.